The average molecular weight is 490 g/mol. The highest BCUT2D eigenvalue weighted by Crippen LogP contribution is 2.38. The summed E-state index contributed by atoms with van der Waals surface area (Å²) in [4.78, 5) is 31.7. The number of imide groups is 1. The smallest absolute Gasteiger partial charge is 0.383 e. The van der Waals surface area contributed by atoms with Crippen molar-refractivity contribution in [3.8, 4) is 0 Å². The zero-order valence-electron chi connectivity index (χ0n) is 19.8. The summed E-state index contributed by atoms with van der Waals surface area (Å²) in [7, 11) is 1.54. The van der Waals surface area contributed by atoms with Crippen molar-refractivity contribution in [3.63, 3.8) is 0 Å². The molecule has 2 aliphatic heterocycles. The first-order valence-corrected chi connectivity index (χ1v) is 11.8. The van der Waals surface area contributed by atoms with Crippen molar-refractivity contribution < 1.29 is 27.5 Å². The van der Waals surface area contributed by atoms with Gasteiger partial charge >= 0.3 is 12.2 Å². The van der Waals surface area contributed by atoms with Crippen LogP contribution >= 0.6 is 0 Å². The van der Waals surface area contributed by atoms with Gasteiger partial charge < -0.3 is 9.64 Å². The number of hydrogen-bond acceptors (Lipinski definition) is 4. The summed E-state index contributed by atoms with van der Waals surface area (Å²) in [6.45, 7) is 1.86. The fraction of sp³-hybridized carbons (Fsp3) is 0.462. The summed E-state index contributed by atoms with van der Waals surface area (Å²) in [5.74, 6) is -0.218. The highest BCUT2D eigenvalue weighted by atomic mass is 19.4. The van der Waals surface area contributed by atoms with Crippen LogP contribution in [0.3, 0.4) is 0 Å². The van der Waals surface area contributed by atoms with Gasteiger partial charge in [0.25, 0.3) is 5.91 Å². The first-order valence-electron chi connectivity index (χ1n) is 11.8. The molecule has 2 heterocycles. The molecule has 0 radical (unpaired) electrons. The lowest BCUT2D eigenvalue weighted by molar-refractivity contribution is -0.138. The predicted molar refractivity (Wildman–Crippen MR) is 125 cm³/mol. The normalized spacial score (nSPS) is 18.6. The zero-order valence-corrected chi connectivity index (χ0v) is 19.8. The Hall–Kier alpha value is -2.91. The van der Waals surface area contributed by atoms with E-state index < -0.39 is 17.3 Å². The molecule has 2 aromatic carbocycles. The molecule has 1 spiro atoms. The SMILES string of the molecule is COCCN1C(=O)N(CCc2ccccc2)C(=O)C12CCN(Cc1ccccc1C(F)(F)F)CC2. The Labute approximate surface area is 203 Å². The van der Waals surface area contributed by atoms with Crippen LogP contribution in [-0.4, -0.2) is 72.1 Å². The Kier molecular flexibility index (Phi) is 7.47. The van der Waals surface area contributed by atoms with Gasteiger partial charge in [-0.3, -0.25) is 14.6 Å². The van der Waals surface area contributed by atoms with Crippen molar-refractivity contribution in [1.82, 2.24) is 14.7 Å². The van der Waals surface area contributed by atoms with Crippen LogP contribution in [0.4, 0.5) is 18.0 Å². The van der Waals surface area contributed by atoms with E-state index in [1.54, 1.807) is 18.1 Å². The average Bonchev–Trinajstić information content (AvgIpc) is 3.03. The van der Waals surface area contributed by atoms with Gasteiger partial charge in [-0.05, 0) is 36.5 Å². The predicted octanol–water partition coefficient (Wildman–Crippen LogP) is 4.19. The Morgan fingerprint density at radius 1 is 0.943 bits per heavy atom. The summed E-state index contributed by atoms with van der Waals surface area (Å²) < 4.78 is 45.5. The molecule has 0 unspecified atom stereocenters. The van der Waals surface area contributed by atoms with E-state index in [9.17, 15) is 22.8 Å². The van der Waals surface area contributed by atoms with Gasteiger partial charge in [-0.15, -0.1) is 0 Å². The number of urea groups is 1. The molecule has 0 aromatic heterocycles. The molecule has 4 rings (SSSR count). The number of carbonyl (C=O) groups is 2. The third-order valence-corrected chi connectivity index (χ3v) is 7.01. The van der Waals surface area contributed by atoms with E-state index >= 15 is 0 Å². The van der Waals surface area contributed by atoms with Crippen LogP contribution in [0.5, 0.6) is 0 Å². The number of hydrogen-bond donors (Lipinski definition) is 0. The van der Waals surface area contributed by atoms with Gasteiger partial charge in [-0.1, -0.05) is 48.5 Å². The maximum absolute atomic E-state index is 13.6. The number of benzene rings is 2. The Morgan fingerprint density at radius 3 is 2.26 bits per heavy atom. The second-order valence-corrected chi connectivity index (χ2v) is 9.08. The third kappa shape index (κ3) is 5.21. The number of rotatable bonds is 8. The van der Waals surface area contributed by atoms with Crippen LogP contribution in [0.1, 0.15) is 29.5 Å². The highest BCUT2D eigenvalue weighted by Gasteiger charge is 2.57. The van der Waals surface area contributed by atoms with Gasteiger partial charge in [-0.2, -0.15) is 13.2 Å². The van der Waals surface area contributed by atoms with Gasteiger partial charge in [0.05, 0.1) is 12.2 Å². The molecule has 0 bridgehead atoms. The first-order chi connectivity index (χ1) is 16.8. The Balaban J connectivity index is 1.48. The fourth-order valence-corrected chi connectivity index (χ4v) is 5.10. The number of likely N-dealkylation sites (tertiary alicyclic amines) is 1. The zero-order chi connectivity index (χ0) is 25.1. The van der Waals surface area contributed by atoms with E-state index in [1.165, 1.54) is 17.0 Å². The lowest BCUT2D eigenvalue weighted by Crippen LogP contribution is -2.57. The highest BCUT2D eigenvalue weighted by molar-refractivity contribution is 6.07. The van der Waals surface area contributed by atoms with Crippen molar-refractivity contribution in [1.29, 1.82) is 0 Å². The molecule has 0 saturated carbocycles. The van der Waals surface area contributed by atoms with Gasteiger partial charge in [0, 0.05) is 39.8 Å². The van der Waals surface area contributed by atoms with Crippen molar-refractivity contribution in [2.24, 2.45) is 0 Å². The molecule has 2 saturated heterocycles. The summed E-state index contributed by atoms with van der Waals surface area (Å²) in [5, 5.41) is 0. The van der Waals surface area contributed by atoms with Crippen LogP contribution < -0.4 is 0 Å². The minimum absolute atomic E-state index is 0.143. The maximum atomic E-state index is 13.6. The first kappa shape index (κ1) is 25.2. The third-order valence-electron chi connectivity index (χ3n) is 7.01. The quantitative estimate of drug-likeness (QED) is 0.522. The molecule has 0 atom stereocenters. The molecular weight excluding hydrogens is 459 g/mol. The van der Waals surface area contributed by atoms with Crippen LogP contribution in [0.15, 0.2) is 54.6 Å². The van der Waals surface area contributed by atoms with Crippen molar-refractivity contribution in [3.05, 3.63) is 71.3 Å². The molecule has 188 valence electrons. The second kappa shape index (κ2) is 10.4. The molecule has 6 nitrogen and oxygen atoms in total. The molecular formula is C26H30F3N3O3. The molecule has 2 aliphatic rings. The van der Waals surface area contributed by atoms with Crippen molar-refractivity contribution >= 4 is 11.9 Å². The molecule has 2 aromatic rings. The Bertz CT molecular complexity index is 1040. The summed E-state index contributed by atoms with van der Waals surface area (Å²) in [5.41, 5.74) is -0.367. The number of halogens is 3. The number of ether oxygens (including phenoxy) is 1. The maximum Gasteiger partial charge on any atom is 0.416 e. The number of amides is 3. The van der Waals surface area contributed by atoms with Crippen molar-refractivity contribution in [2.45, 2.75) is 37.5 Å². The summed E-state index contributed by atoms with van der Waals surface area (Å²) in [6.07, 6.45) is -3.11. The fourth-order valence-electron chi connectivity index (χ4n) is 5.10. The van der Waals surface area contributed by atoms with E-state index in [0.717, 1.165) is 11.6 Å². The minimum atomic E-state index is -4.42. The standard InChI is InChI=1S/C26H30F3N3O3/c1-35-18-17-32-24(34)31(14-11-20-7-3-2-4-8-20)23(33)25(32)12-15-30(16-13-25)19-21-9-5-6-10-22(21)26(27,28)29/h2-10H,11-19H2,1H3. The van der Waals surface area contributed by atoms with Crippen LogP contribution in [0.25, 0.3) is 0 Å². The number of methoxy groups -OCH3 is 1. The van der Waals surface area contributed by atoms with Crippen molar-refractivity contribution in [2.75, 3.05) is 39.9 Å². The summed E-state index contributed by atoms with van der Waals surface area (Å²) in [6, 6.07) is 14.9. The largest absolute Gasteiger partial charge is 0.416 e. The Morgan fingerprint density at radius 2 is 1.60 bits per heavy atom. The number of piperidine rings is 1. The van der Waals surface area contributed by atoms with E-state index in [1.807, 2.05) is 35.2 Å². The topological polar surface area (TPSA) is 53.1 Å². The van der Waals surface area contributed by atoms with Gasteiger partial charge in [0.2, 0.25) is 0 Å². The van der Waals surface area contributed by atoms with Gasteiger partial charge in [-0.25, -0.2) is 4.79 Å². The van der Waals surface area contributed by atoms with Gasteiger partial charge in [0.1, 0.15) is 5.54 Å². The van der Waals surface area contributed by atoms with E-state index in [4.69, 9.17) is 4.74 Å². The molecule has 2 fully saturated rings. The van der Waals surface area contributed by atoms with Gasteiger partial charge in [0.15, 0.2) is 0 Å². The van der Waals surface area contributed by atoms with E-state index in [2.05, 4.69) is 0 Å². The molecule has 9 heteroatoms. The van der Waals surface area contributed by atoms with E-state index in [-0.39, 0.29) is 30.6 Å². The van der Waals surface area contributed by atoms with E-state index in [0.29, 0.717) is 45.5 Å². The number of alkyl halides is 3. The molecule has 0 aliphatic carbocycles. The van der Waals surface area contributed by atoms with Crippen LogP contribution in [0, 0.1) is 0 Å². The molecule has 35 heavy (non-hydrogen) atoms. The number of carbonyl (C=O) groups excluding carboxylic acids is 2. The lowest BCUT2D eigenvalue weighted by atomic mass is 9.85. The minimum Gasteiger partial charge on any atom is -0.383 e. The lowest BCUT2D eigenvalue weighted by Gasteiger charge is -2.42. The van der Waals surface area contributed by atoms with Crippen LogP contribution in [0.2, 0.25) is 0 Å². The summed E-state index contributed by atoms with van der Waals surface area (Å²) >= 11 is 0. The molecule has 3 amide bonds. The monoisotopic (exact) mass is 489 g/mol. The van der Waals surface area contributed by atoms with Crippen LogP contribution in [-0.2, 0) is 28.7 Å². The second-order valence-electron chi connectivity index (χ2n) is 9.08. The molecule has 0 N–H and O–H groups in total. The number of nitrogens with zero attached hydrogens (tertiary/aromatic N) is 3.